The lowest BCUT2D eigenvalue weighted by Crippen LogP contribution is -1.84. The Bertz CT molecular complexity index is 133. The molecule has 0 fully saturated rings. The largest absolute Gasteiger partial charge is 0.0822 e. The van der Waals surface area contributed by atoms with E-state index >= 15 is 0 Å². The third kappa shape index (κ3) is 2.69. The van der Waals surface area contributed by atoms with Crippen molar-refractivity contribution in [3.8, 4) is 0 Å². The molecule has 0 saturated carbocycles. The average molecular weight is 152 g/mol. The summed E-state index contributed by atoms with van der Waals surface area (Å²) < 4.78 is 0. The van der Waals surface area contributed by atoms with E-state index in [9.17, 15) is 0 Å². The van der Waals surface area contributed by atoms with Gasteiger partial charge in [-0.25, -0.2) is 0 Å². The van der Waals surface area contributed by atoms with Gasteiger partial charge in [0, 0.05) is 0 Å². The van der Waals surface area contributed by atoms with Gasteiger partial charge in [0.15, 0.2) is 0 Å². The molecule has 0 saturated heterocycles. The first-order chi connectivity index (χ1) is 5.36. The highest BCUT2D eigenvalue weighted by atomic mass is 14.2. The molecule has 0 spiro atoms. The summed E-state index contributed by atoms with van der Waals surface area (Å²) in [7, 11) is 0. The first-order valence-corrected chi connectivity index (χ1v) is 5.06. The molecule has 0 aromatic heterocycles. The Morgan fingerprint density at radius 1 is 1.45 bits per heavy atom. The number of unbranched alkanes of at least 4 members (excludes halogenated alkanes) is 1. The molecule has 0 aromatic rings. The first-order valence-electron chi connectivity index (χ1n) is 5.06. The molecule has 0 heteroatoms. The van der Waals surface area contributed by atoms with Crippen LogP contribution in [0.4, 0.5) is 0 Å². The first kappa shape index (κ1) is 8.83. The maximum absolute atomic E-state index is 2.52. The second kappa shape index (κ2) is 4.58. The molecule has 0 heterocycles. The van der Waals surface area contributed by atoms with Gasteiger partial charge in [0.1, 0.15) is 0 Å². The molecular formula is C11H20. The molecule has 0 aliphatic heterocycles. The van der Waals surface area contributed by atoms with Crippen molar-refractivity contribution in [1.82, 2.24) is 0 Å². The molecule has 0 radical (unpaired) electrons. The van der Waals surface area contributed by atoms with Crippen LogP contribution in [-0.2, 0) is 0 Å². The minimum Gasteiger partial charge on any atom is -0.0822 e. The van der Waals surface area contributed by atoms with Crippen molar-refractivity contribution in [2.24, 2.45) is 5.92 Å². The van der Waals surface area contributed by atoms with E-state index in [-0.39, 0.29) is 0 Å². The van der Waals surface area contributed by atoms with Crippen molar-refractivity contribution in [3.05, 3.63) is 11.6 Å². The van der Waals surface area contributed by atoms with E-state index in [4.69, 9.17) is 0 Å². The SMILES string of the molecule is CCCCC1=CC(CC)CC1. The minimum absolute atomic E-state index is 0.918. The van der Waals surface area contributed by atoms with Gasteiger partial charge in [-0.1, -0.05) is 31.9 Å². The monoisotopic (exact) mass is 152 g/mol. The standard InChI is InChI=1S/C11H20/c1-3-5-6-11-8-7-10(4-2)9-11/h9-10H,3-8H2,1-2H3. The van der Waals surface area contributed by atoms with Crippen LogP contribution in [0.1, 0.15) is 52.4 Å². The lowest BCUT2D eigenvalue weighted by atomic mass is 10.1. The zero-order valence-corrected chi connectivity index (χ0v) is 7.90. The highest BCUT2D eigenvalue weighted by Gasteiger charge is 2.12. The highest BCUT2D eigenvalue weighted by Crippen LogP contribution is 2.29. The van der Waals surface area contributed by atoms with Gasteiger partial charge < -0.3 is 0 Å². The van der Waals surface area contributed by atoms with Gasteiger partial charge in [0.05, 0.1) is 0 Å². The molecule has 1 unspecified atom stereocenters. The molecule has 1 atom stereocenters. The minimum atomic E-state index is 0.918. The van der Waals surface area contributed by atoms with Crippen molar-refractivity contribution >= 4 is 0 Å². The van der Waals surface area contributed by atoms with Gasteiger partial charge in [0.2, 0.25) is 0 Å². The van der Waals surface area contributed by atoms with Crippen LogP contribution in [0.2, 0.25) is 0 Å². The Hall–Kier alpha value is -0.260. The maximum atomic E-state index is 2.52. The summed E-state index contributed by atoms with van der Waals surface area (Å²) >= 11 is 0. The van der Waals surface area contributed by atoms with Gasteiger partial charge >= 0.3 is 0 Å². The van der Waals surface area contributed by atoms with Crippen molar-refractivity contribution in [3.63, 3.8) is 0 Å². The Balaban J connectivity index is 2.24. The predicted octanol–water partition coefficient (Wildman–Crippen LogP) is 3.92. The summed E-state index contributed by atoms with van der Waals surface area (Å²) in [6.07, 6.45) is 10.8. The molecule has 1 aliphatic rings. The zero-order valence-electron chi connectivity index (χ0n) is 7.90. The van der Waals surface area contributed by atoms with Crippen molar-refractivity contribution in [1.29, 1.82) is 0 Å². The molecule has 1 aliphatic carbocycles. The Labute approximate surface area is 70.7 Å². The Morgan fingerprint density at radius 3 is 2.82 bits per heavy atom. The van der Waals surface area contributed by atoms with E-state index in [1.54, 1.807) is 5.57 Å². The number of hydrogen-bond donors (Lipinski definition) is 0. The second-order valence-corrected chi connectivity index (χ2v) is 3.64. The third-order valence-corrected chi connectivity index (χ3v) is 2.68. The van der Waals surface area contributed by atoms with Gasteiger partial charge in [-0.05, 0) is 38.0 Å². The Kier molecular flexibility index (Phi) is 3.68. The third-order valence-electron chi connectivity index (χ3n) is 2.68. The summed E-state index contributed by atoms with van der Waals surface area (Å²) in [4.78, 5) is 0. The molecule has 1 rings (SSSR count). The molecule has 0 bridgehead atoms. The van der Waals surface area contributed by atoms with Crippen LogP contribution in [0.3, 0.4) is 0 Å². The smallest absolute Gasteiger partial charge is 0.0230 e. The highest BCUT2D eigenvalue weighted by molar-refractivity contribution is 5.10. The normalized spacial score (nSPS) is 23.8. The quantitative estimate of drug-likeness (QED) is 0.535. The van der Waals surface area contributed by atoms with Crippen molar-refractivity contribution in [2.45, 2.75) is 52.4 Å². The van der Waals surface area contributed by atoms with E-state index in [0.29, 0.717) is 0 Å². The van der Waals surface area contributed by atoms with Crippen molar-refractivity contribution in [2.75, 3.05) is 0 Å². The zero-order chi connectivity index (χ0) is 8.10. The fourth-order valence-electron chi connectivity index (χ4n) is 1.80. The lowest BCUT2D eigenvalue weighted by molar-refractivity contribution is 0.608. The van der Waals surface area contributed by atoms with Crippen molar-refractivity contribution < 1.29 is 0 Å². The number of rotatable bonds is 4. The number of allylic oxidation sites excluding steroid dienone is 2. The second-order valence-electron chi connectivity index (χ2n) is 3.64. The summed E-state index contributed by atoms with van der Waals surface area (Å²) in [6, 6.07) is 0. The molecule has 0 aromatic carbocycles. The summed E-state index contributed by atoms with van der Waals surface area (Å²) in [5.74, 6) is 0.918. The van der Waals surface area contributed by atoms with E-state index < -0.39 is 0 Å². The van der Waals surface area contributed by atoms with Gasteiger partial charge in [-0.3, -0.25) is 0 Å². The number of hydrogen-bond acceptors (Lipinski definition) is 0. The van der Waals surface area contributed by atoms with Crippen LogP contribution < -0.4 is 0 Å². The average Bonchev–Trinajstić information content (AvgIpc) is 2.48. The van der Waals surface area contributed by atoms with Crippen LogP contribution in [0.25, 0.3) is 0 Å². The van der Waals surface area contributed by atoms with Crippen LogP contribution in [0.15, 0.2) is 11.6 Å². The van der Waals surface area contributed by atoms with Gasteiger partial charge in [0.25, 0.3) is 0 Å². The van der Waals surface area contributed by atoms with Crippen LogP contribution in [-0.4, -0.2) is 0 Å². The van der Waals surface area contributed by atoms with E-state index in [0.717, 1.165) is 5.92 Å². The predicted molar refractivity (Wildman–Crippen MR) is 50.6 cm³/mol. The molecule has 0 N–H and O–H groups in total. The molecule has 64 valence electrons. The van der Waals surface area contributed by atoms with Crippen LogP contribution in [0.5, 0.6) is 0 Å². The lowest BCUT2D eigenvalue weighted by Gasteiger charge is -1.97. The topological polar surface area (TPSA) is 0 Å². The fourth-order valence-corrected chi connectivity index (χ4v) is 1.80. The van der Waals surface area contributed by atoms with E-state index in [2.05, 4.69) is 19.9 Å². The fraction of sp³-hybridized carbons (Fsp3) is 0.818. The molecular weight excluding hydrogens is 132 g/mol. The van der Waals surface area contributed by atoms with E-state index in [1.807, 2.05) is 0 Å². The van der Waals surface area contributed by atoms with Crippen LogP contribution in [0, 0.1) is 5.92 Å². The maximum Gasteiger partial charge on any atom is -0.0230 e. The molecule has 11 heavy (non-hydrogen) atoms. The summed E-state index contributed by atoms with van der Waals surface area (Å²) in [5, 5.41) is 0. The molecule has 0 amide bonds. The van der Waals surface area contributed by atoms with Crippen LogP contribution >= 0.6 is 0 Å². The van der Waals surface area contributed by atoms with E-state index in [1.165, 1.54) is 38.5 Å². The Morgan fingerprint density at radius 2 is 2.27 bits per heavy atom. The van der Waals surface area contributed by atoms with Gasteiger partial charge in [-0.2, -0.15) is 0 Å². The molecule has 0 nitrogen and oxygen atoms in total. The summed E-state index contributed by atoms with van der Waals surface area (Å²) in [5.41, 5.74) is 1.73. The summed E-state index contributed by atoms with van der Waals surface area (Å²) in [6.45, 7) is 4.57. The van der Waals surface area contributed by atoms with Gasteiger partial charge in [-0.15, -0.1) is 0 Å².